The molecule has 0 aliphatic heterocycles. The zero-order chi connectivity index (χ0) is 10.1. The number of phenols is 1. The molecule has 0 unspecified atom stereocenters. The molecule has 14 heavy (non-hydrogen) atoms. The van der Waals surface area contributed by atoms with Gasteiger partial charge in [0.2, 0.25) is 0 Å². The van der Waals surface area contributed by atoms with Gasteiger partial charge in [0, 0.05) is 11.5 Å². The Bertz CT molecular complexity index is 533. The summed E-state index contributed by atoms with van der Waals surface area (Å²) in [5.41, 5.74) is 2.18. The van der Waals surface area contributed by atoms with Crippen molar-refractivity contribution in [2.24, 2.45) is 5.84 Å². The van der Waals surface area contributed by atoms with Crippen LogP contribution in [-0.4, -0.2) is 5.11 Å². The van der Waals surface area contributed by atoms with Crippen molar-refractivity contribution >= 4 is 16.7 Å². The Morgan fingerprint density at radius 3 is 2.86 bits per heavy atom. The summed E-state index contributed by atoms with van der Waals surface area (Å²) < 4.78 is 4.91. The highest BCUT2D eigenvalue weighted by molar-refractivity contribution is 5.80. The number of fused-ring (bicyclic) bond motifs is 1. The number of phenolic OH excluding ortho intramolecular Hbond substituents is 1. The molecule has 1 heterocycles. The second-order valence-electron chi connectivity index (χ2n) is 2.81. The van der Waals surface area contributed by atoms with Crippen molar-refractivity contribution in [1.82, 2.24) is 0 Å². The van der Waals surface area contributed by atoms with Crippen molar-refractivity contribution in [1.29, 1.82) is 0 Å². The first-order chi connectivity index (χ1) is 6.70. The number of benzene rings is 1. The highest BCUT2D eigenvalue weighted by Gasteiger charge is 2.03. The molecule has 1 aromatic carbocycles. The van der Waals surface area contributed by atoms with Gasteiger partial charge in [-0.1, -0.05) is 0 Å². The molecule has 0 aliphatic carbocycles. The summed E-state index contributed by atoms with van der Waals surface area (Å²) in [5, 5.41) is 9.84. The molecule has 0 fully saturated rings. The fraction of sp³-hybridized carbons (Fsp3) is 0. The largest absolute Gasteiger partial charge is 0.508 e. The number of aromatic hydroxyl groups is 1. The second-order valence-corrected chi connectivity index (χ2v) is 2.81. The Balaban J connectivity index is 2.79. The van der Waals surface area contributed by atoms with E-state index < -0.39 is 5.63 Å². The number of hydrazine groups is 1. The molecule has 2 aromatic rings. The van der Waals surface area contributed by atoms with E-state index in [1.807, 2.05) is 0 Å². The van der Waals surface area contributed by atoms with Crippen molar-refractivity contribution in [3.63, 3.8) is 0 Å². The van der Waals surface area contributed by atoms with E-state index in [4.69, 9.17) is 15.4 Å². The lowest BCUT2D eigenvalue weighted by Gasteiger charge is -2.00. The van der Waals surface area contributed by atoms with Crippen LogP contribution >= 0.6 is 0 Å². The van der Waals surface area contributed by atoms with Gasteiger partial charge in [-0.15, -0.1) is 0 Å². The van der Waals surface area contributed by atoms with Gasteiger partial charge in [-0.3, -0.25) is 5.84 Å². The molecule has 0 atom stereocenters. The minimum atomic E-state index is -0.564. The van der Waals surface area contributed by atoms with Gasteiger partial charge in [-0.05, 0) is 18.2 Å². The topological polar surface area (TPSA) is 88.5 Å². The highest BCUT2D eigenvalue weighted by Crippen LogP contribution is 2.20. The van der Waals surface area contributed by atoms with Crippen LogP contribution in [0.1, 0.15) is 0 Å². The molecule has 5 nitrogen and oxygen atoms in total. The normalized spacial score (nSPS) is 10.4. The third-order valence-electron chi connectivity index (χ3n) is 1.88. The van der Waals surface area contributed by atoms with Crippen LogP contribution in [0.5, 0.6) is 5.75 Å². The molecule has 0 aliphatic rings. The SMILES string of the molecule is NNc1cc2ccc(O)cc2oc1=O. The number of hydrogen-bond acceptors (Lipinski definition) is 5. The molecule has 0 bridgehead atoms. The lowest BCUT2D eigenvalue weighted by atomic mass is 10.2. The second kappa shape index (κ2) is 3.04. The quantitative estimate of drug-likeness (QED) is 0.353. The van der Waals surface area contributed by atoms with Crippen LogP contribution in [0.25, 0.3) is 11.0 Å². The van der Waals surface area contributed by atoms with Gasteiger partial charge in [0.1, 0.15) is 17.0 Å². The fourth-order valence-corrected chi connectivity index (χ4v) is 1.20. The van der Waals surface area contributed by atoms with Crippen LogP contribution < -0.4 is 16.9 Å². The van der Waals surface area contributed by atoms with Gasteiger partial charge >= 0.3 is 5.63 Å². The molecule has 0 amide bonds. The fourth-order valence-electron chi connectivity index (χ4n) is 1.20. The van der Waals surface area contributed by atoms with Gasteiger partial charge in [0.15, 0.2) is 0 Å². The first-order valence-electron chi connectivity index (χ1n) is 3.94. The van der Waals surface area contributed by atoms with Crippen LogP contribution in [0.15, 0.2) is 33.5 Å². The highest BCUT2D eigenvalue weighted by atomic mass is 16.4. The predicted octanol–water partition coefficient (Wildman–Crippen LogP) is 0.784. The van der Waals surface area contributed by atoms with Gasteiger partial charge < -0.3 is 14.9 Å². The van der Waals surface area contributed by atoms with Crippen molar-refractivity contribution in [2.45, 2.75) is 0 Å². The van der Waals surface area contributed by atoms with Crippen molar-refractivity contribution < 1.29 is 9.52 Å². The van der Waals surface area contributed by atoms with Gasteiger partial charge in [-0.2, -0.15) is 0 Å². The average Bonchev–Trinajstić information content (AvgIpc) is 2.16. The van der Waals surface area contributed by atoms with Gasteiger partial charge in [0.05, 0.1) is 0 Å². The summed E-state index contributed by atoms with van der Waals surface area (Å²) in [5.74, 6) is 5.16. The van der Waals surface area contributed by atoms with E-state index in [9.17, 15) is 4.79 Å². The van der Waals surface area contributed by atoms with E-state index >= 15 is 0 Å². The summed E-state index contributed by atoms with van der Waals surface area (Å²) in [4.78, 5) is 11.2. The number of hydrogen-bond donors (Lipinski definition) is 3. The molecule has 72 valence electrons. The van der Waals surface area contributed by atoms with E-state index in [1.165, 1.54) is 12.1 Å². The molecule has 5 heteroatoms. The Morgan fingerprint density at radius 2 is 2.14 bits per heavy atom. The molecule has 0 spiro atoms. The maximum Gasteiger partial charge on any atom is 0.361 e. The standard InChI is InChI=1S/C9H8N2O3/c10-11-7-3-5-1-2-6(12)4-8(5)14-9(7)13/h1-4,11-12H,10H2. The minimum absolute atomic E-state index is 0.0501. The van der Waals surface area contributed by atoms with Gasteiger partial charge in [0.25, 0.3) is 0 Å². The number of rotatable bonds is 1. The first-order valence-corrected chi connectivity index (χ1v) is 3.94. The zero-order valence-corrected chi connectivity index (χ0v) is 7.15. The number of nitrogens with two attached hydrogens (primary N) is 1. The maximum atomic E-state index is 11.2. The monoisotopic (exact) mass is 192 g/mol. The third-order valence-corrected chi connectivity index (χ3v) is 1.88. The Kier molecular flexibility index (Phi) is 1.86. The maximum absolute atomic E-state index is 11.2. The Labute approximate surface area is 78.7 Å². The molecule has 0 saturated carbocycles. The van der Waals surface area contributed by atoms with E-state index in [-0.39, 0.29) is 11.4 Å². The van der Waals surface area contributed by atoms with E-state index in [2.05, 4.69) is 5.43 Å². The van der Waals surface area contributed by atoms with Crippen molar-refractivity contribution in [2.75, 3.05) is 5.43 Å². The van der Waals surface area contributed by atoms with Crippen molar-refractivity contribution in [3.8, 4) is 5.75 Å². The summed E-state index contributed by atoms with van der Waals surface area (Å²) in [6.45, 7) is 0. The lowest BCUT2D eigenvalue weighted by Crippen LogP contribution is -2.15. The first kappa shape index (κ1) is 8.58. The average molecular weight is 192 g/mol. The third kappa shape index (κ3) is 1.29. The molecule has 2 rings (SSSR count). The number of nitrogen functional groups attached to an aromatic ring is 1. The molecule has 0 radical (unpaired) electrons. The molecular weight excluding hydrogens is 184 g/mol. The zero-order valence-electron chi connectivity index (χ0n) is 7.15. The van der Waals surface area contributed by atoms with Crippen LogP contribution in [0.2, 0.25) is 0 Å². The number of nitrogens with one attached hydrogen (secondary N) is 1. The molecule has 1 aromatic heterocycles. The van der Waals surface area contributed by atoms with Gasteiger partial charge in [-0.25, -0.2) is 4.79 Å². The van der Waals surface area contributed by atoms with Crippen LogP contribution in [0.3, 0.4) is 0 Å². The van der Waals surface area contributed by atoms with E-state index in [0.29, 0.717) is 11.0 Å². The Morgan fingerprint density at radius 1 is 1.36 bits per heavy atom. The molecule has 4 N–H and O–H groups in total. The van der Waals surface area contributed by atoms with Crippen LogP contribution in [-0.2, 0) is 0 Å². The van der Waals surface area contributed by atoms with Crippen LogP contribution in [0.4, 0.5) is 5.69 Å². The summed E-state index contributed by atoms with van der Waals surface area (Å²) >= 11 is 0. The summed E-state index contributed by atoms with van der Waals surface area (Å²) in [6.07, 6.45) is 0. The van der Waals surface area contributed by atoms with E-state index in [1.54, 1.807) is 12.1 Å². The van der Waals surface area contributed by atoms with Crippen LogP contribution in [0, 0.1) is 0 Å². The summed E-state index contributed by atoms with van der Waals surface area (Å²) in [6, 6.07) is 6.06. The van der Waals surface area contributed by atoms with Crippen molar-refractivity contribution in [3.05, 3.63) is 34.7 Å². The smallest absolute Gasteiger partial charge is 0.361 e. The van der Waals surface area contributed by atoms with E-state index in [0.717, 1.165) is 0 Å². The number of anilines is 1. The Hall–Kier alpha value is -2.01. The molecule has 0 saturated heterocycles. The molecular formula is C9H8N2O3. The predicted molar refractivity (Wildman–Crippen MR) is 52.0 cm³/mol. The minimum Gasteiger partial charge on any atom is -0.508 e. The lowest BCUT2D eigenvalue weighted by molar-refractivity contribution is 0.473. The summed E-state index contributed by atoms with van der Waals surface area (Å²) in [7, 11) is 0.